The van der Waals surface area contributed by atoms with Crippen LogP contribution >= 0.6 is 39.1 Å². The summed E-state index contributed by atoms with van der Waals surface area (Å²) in [4.78, 5) is 0. The molecule has 0 saturated carbocycles. The van der Waals surface area contributed by atoms with Crippen molar-refractivity contribution < 1.29 is 4.52 Å². The topological polar surface area (TPSA) is 52.0 Å². The zero-order valence-electron chi connectivity index (χ0n) is 10.6. The van der Waals surface area contributed by atoms with Crippen molar-refractivity contribution in [2.75, 3.05) is 5.73 Å². The molecule has 0 aliphatic carbocycles. The van der Waals surface area contributed by atoms with E-state index in [4.69, 9.17) is 33.5 Å². The van der Waals surface area contributed by atoms with Crippen LogP contribution in [-0.2, 0) is 0 Å². The summed E-state index contributed by atoms with van der Waals surface area (Å²) >= 11 is 15.4. The van der Waals surface area contributed by atoms with Crippen molar-refractivity contribution in [3.8, 4) is 22.5 Å². The minimum atomic E-state index is 0.325. The molecule has 0 radical (unpaired) electrons. The molecule has 106 valence electrons. The number of hydrogen-bond donors (Lipinski definition) is 1. The Morgan fingerprint density at radius 3 is 2.33 bits per heavy atom. The molecule has 1 heterocycles. The lowest BCUT2D eigenvalue weighted by Crippen LogP contribution is -1.88. The molecule has 3 aromatic rings. The number of anilines is 1. The van der Waals surface area contributed by atoms with Gasteiger partial charge in [0, 0.05) is 15.1 Å². The van der Waals surface area contributed by atoms with Crippen molar-refractivity contribution in [2.24, 2.45) is 0 Å². The predicted molar refractivity (Wildman–Crippen MR) is 89.5 cm³/mol. The molecule has 0 bridgehead atoms. The molecule has 2 aromatic carbocycles. The van der Waals surface area contributed by atoms with Gasteiger partial charge in [-0.05, 0) is 51.8 Å². The highest BCUT2D eigenvalue weighted by Crippen LogP contribution is 2.38. The monoisotopic (exact) mass is 382 g/mol. The first-order valence-electron chi connectivity index (χ1n) is 6.03. The quantitative estimate of drug-likeness (QED) is 0.621. The number of rotatable bonds is 2. The highest BCUT2D eigenvalue weighted by atomic mass is 79.9. The maximum absolute atomic E-state index is 6.13. The number of nitrogens with two attached hydrogens (primary N) is 1. The maximum Gasteiger partial charge on any atom is 0.176 e. The molecule has 3 rings (SSSR count). The van der Waals surface area contributed by atoms with E-state index in [9.17, 15) is 0 Å². The maximum atomic E-state index is 6.13. The van der Waals surface area contributed by atoms with Gasteiger partial charge in [0.25, 0.3) is 0 Å². The fourth-order valence-electron chi connectivity index (χ4n) is 2.03. The van der Waals surface area contributed by atoms with Gasteiger partial charge in [-0.25, -0.2) is 0 Å². The highest BCUT2D eigenvalue weighted by molar-refractivity contribution is 9.10. The Bertz CT molecular complexity index is 800. The summed E-state index contributed by atoms with van der Waals surface area (Å²) in [5, 5.41) is 5.10. The van der Waals surface area contributed by atoms with Gasteiger partial charge in [0.15, 0.2) is 11.6 Å². The molecule has 0 spiro atoms. The standard InChI is InChI=1S/C15H9BrCl2N2O/c16-11-6-3-9(7-12(11)18)14-13(15(19)20-21-14)8-1-4-10(17)5-2-8/h1-7H,(H2,19,20). The average molecular weight is 384 g/mol. The van der Waals surface area contributed by atoms with Gasteiger partial charge in [0.05, 0.1) is 10.6 Å². The number of hydrogen-bond acceptors (Lipinski definition) is 3. The van der Waals surface area contributed by atoms with Crippen molar-refractivity contribution in [1.29, 1.82) is 0 Å². The van der Waals surface area contributed by atoms with Gasteiger partial charge < -0.3 is 10.3 Å². The van der Waals surface area contributed by atoms with Crippen LogP contribution in [0.5, 0.6) is 0 Å². The van der Waals surface area contributed by atoms with Gasteiger partial charge in [0.1, 0.15) is 0 Å². The zero-order chi connectivity index (χ0) is 15.0. The third-order valence-corrected chi connectivity index (χ3v) is 4.52. The van der Waals surface area contributed by atoms with E-state index in [2.05, 4.69) is 21.1 Å². The second kappa shape index (κ2) is 5.72. The van der Waals surface area contributed by atoms with Crippen molar-refractivity contribution in [1.82, 2.24) is 5.16 Å². The van der Waals surface area contributed by atoms with Gasteiger partial charge >= 0.3 is 0 Å². The van der Waals surface area contributed by atoms with Gasteiger partial charge in [0.2, 0.25) is 0 Å². The molecule has 0 fully saturated rings. The summed E-state index contributed by atoms with van der Waals surface area (Å²) in [5.41, 5.74) is 8.35. The number of halogens is 3. The van der Waals surface area contributed by atoms with Crippen LogP contribution in [0.15, 0.2) is 51.5 Å². The van der Waals surface area contributed by atoms with Crippen molar-refractivity contribution >= 4 is 44.9 Å². The Morgan fingerprint density at radius 1 is 1.00 bits per heavy atom. The van der Waals surface area contributed by atoms with E-state index in [1.54, 1.807) is 18.2 Å². The summed E-state index contributed by atoms with van der Waals surface area (Å²) in [7, 11) is 0. The molecule has 0 unspecified atom stereocenters. The first kappa shape index (κ1) is 14.4. The predicted octanol–water partition coefficient (Wildman–Crippen LogP) is 5.66. The third-order valence-electron chi connectivity index (χ3n) is 3.03. The molecule has 0 aliphatic heterocycles. The summed E-state index contributed by atoms with van der Waals surface area (Å²) in [6.45, 7) is 0. The number of aromatic nitrogens is 1. The van der Waals surface area contributed by atoms with Crippen molar-refractivity contribution in [3.63, 3.8) is 0 Å². The van der Waals surface area contributed by atoms with Crippen LogP contribution in [0.3, 0.4) is 0 Å². The molecule has 3 nitrogen and oxygen atoms in total. The molecule has 6 heteroatoms. The van der Waals surface area contributed by atoms with Gasteiger partial charge in [-0.2, -0.15) is 0 Å². The fourth-order valence-corrected chi connectivity index (χ4v) is 2.59. The SMILES string of the molecule is Nc1noc(-c2ccc(Br)c(Cl)c2)c1-c1ccc(Cl)cc1. The van der Waals surface area contributed by atoms with E-state index in [0.717, 1.165) is 21.2 Å². The summed E-state index contributed by atoms with van der Waals surface area (Å²) < 4.78 is 6.19. The second-order valence-corrected chi connectivity index (χ2v) is 6.11. The van der Waals surface area contributed by atoms with Crippen LogP contribution in [-0.4, -0.2) is 5.16 Å². The molecule has 2 N–H and O–H groups in total. The van der Waals surface area contributed by atoms with E-state index in [1.807, 2.05) is 24.3 Å². The molecule has 1 aromatic heterocycles. The fraction of sp³-hybridized carbons (Fsp3) is 0. The largest absolute Gasteiger partial charge is 0.380 e. The van der Waals surface area contributed by atoms with Crippen LogP contribution < -0.4 is 5.73 Å². The second-order valence-electron chi connectivity index (χ2n) is 4.41. The zero-order valence-corrected chi connectivity index (χ0v) is 13.7. The van der Waals surface area contributed by atoms with E-state index < -0.39 is 0 Å². The van der Waals surface area contributed by atoms with E-state index in [0.29, 0.717) is 21.6 Å². The lowest BCUT2D eigenvalue weighted by atomic mass is 10.0. The van der Waals surface area contributed by atoms with E-state index in [-0.39, 0.29) is 0 Å². The smallest absolute Gasteiger partial charge is 0.176 e. The van der Waals surface area contributed by atoms with Gasteiger partial charge in [-0.1, -0.05) is 40.5 Å². The summed E-state index contributed by atoms with van der Waals surface area (Å²) in [5.74, 6) is 0.899. The minimum Gasteiger partial charge on any atom is -0.380 e. The van der Waals surface area contributed by atoms with Crippen LogP contribution in [0, 0.1) is 0 Å². The average Bonchev–Trinajstić information content (AvgIpc) is 2.85. The van der Waals surface area contributed by atoms with Crippen LogP contribution in [0.1, 0.15) is 0 Å². The lowest BCUT2D eigenvalue weighted by molar-refractivity contribution is 0.436. The molecular formula is C15H9BrCl2N2O. The third kappa shape index (κ3) is 2.79. The normalized spacial score (nSPS) is 10.8. The molecule has 0 aliphatic rings. The first-order valence-corrected chi connectivity index (χ1v) is 7.57. The Kier molecular flexibility index (Phi) is 3.93. The number of nitrogens with zero attached hydrogens (tertiary/aromatic N) is 1. The Labute approximate surface area is 139 Å². The van der Waals surface area contributed by atoms with E-state index in [1.165, 1.54) is 0 Å². The Hall–Kier alpha value is -1.49. The van der Waals surface area contributed by atoms with E-state index >= 15 is 0 Å². The first-order chi connectivity index (χ1) is 10.1. The van der Waals surface area contributed by atoms with Gasteiger partial charge in [-0.15, -0.1) is 0 Å². The Balaban J connectivity index is 2.16. The van der Waals surface area contributed by atoms with Crippen molar-refractivity contribution in [2.45, 2.75) is 0 Å². The molecule has 0 saturated heterocycles. The molecule has 0 amide bonds. The van der Waals surface area contributed by atoms with Crippen LogP contribution in [0.2, 0.25) is 10.0 Å². The van der Waals surface area contributed by atoms with Crippen LogP contribution in [0.4, 0.5) is 5.82 Å². The highest BCUT2D eigenvalue weighted by Gasteiger charge is 2.18. The lowest BCUT2D eigenvalue weighted by Gasteiger charge is -2.04. The molecule has 21 heavy (non-hydrogen) atoms. The van der Waals surface area contributed by atoms with Gasteiger partial charge in [-0.3, -0.25) is 0 Å². The number of nitrogen functional groups attached to an aromatic ring is 1. The summed E-state index contributed by atoms with van der Waals surface area (Å²) in [6.07, 6.45) is 0. The Morgan fingerprint density at radius 2 is 1.67 bits per heavy atom. The minimum absolute atomic E-state index is 0.325. The van der Waals surface area contributed by atoms with Crippen molar-refractivity contribution in [3.05, 3.63) is 57.0 Å². The number of benzene rings is 2. The molecule has 0 atom stereocenters. The summed E-state index contributed by atoms with van der Waals surface area (Å²) in [6, 6.07) is 12.9. The molecular weight excluding hydrogens is 375 g/mol. The van der Waals surface area contributed by atoms with Crippen LogP contribution in [0.25, 0.3) is 22.5 Å².